The highest BCUT2D eigenvalue weighted by Gasteiger charge is 2.14. The van der Waals surface area contributed by atoms with Crippen molar-refractivity contribution in [1.82, 2.24) is 0 Å². The van der Waals surface area contributed by atoms with Crippen molar-refractivity contribution in [3.63, 3.8) is 0 Å². The van der Waals surface area contributed by atoms with Crippen LogP contribution in [0.2, 0.25) is 5.02 Å². The van der Waals surface area contributed by atoms with Gasteiger partial charge in [0, 0.05) is 28.9 Å². The molecule has 146 valence electrons. The van der Waals surface area contributed by atoms with E-state index >= 15 is 0 Å². The molecule has 0 bridgehead atoms. The molecule has 29 heavy (non-hydrogen) atoms. The van der Waals surface area contributed by atoms with Gasteiger partial charge >= 0.3 is 0 Å². The first-order chi connectivity index (χ1) is 13.8. The second-order valence-electron chi connectivity index (χ2n) is 6.27. The van der Waals surface area contributed by atoms with Crippen LogP contribution in [-0.2, 0) is 0 Å². The van der Waals surface area contributed by atoms with Crippen LogP contribution in [0.25, 0.3) is 0 Å². The number of amides is 2. The Kier molecular flexibility index (Phi) is 5.90. The summed E-state index contributed by atoms with van der Waals surface area (Å²) >= 11 is 6.14. The van der Waals surface area contributed by atoms with Crippen LogP contribution in [0.4, 0.5) is 17.1 Å². The lowest BCUT2D eigenvalue weighted by Gasteiger charge is -2.10. The van der Waals surface area contributed by atoms with Crippen molar-refractivity contribution < 1.29 is 14.5 Å². The third-order valence-corrected chi connectivity index (χ3v) is 4.46. The molecule has 0 heterocycles. The van der Waals surface area contributed by atoms with Crippen LogP contribution in [0.15, 0.2) is 66.7 Å². The Morgan fingerprint density at radius 2 is 1.45 bits per heavy atom. The molecule has 0 aliphatic carbocycles. The molecule has 0 fully saturated rings. The predicted octanol–water partition coefficient (Wildman–Crippen LogP) is 5.06. The number of carbonyl (C=O) groups excluding carboxylic acids is 2. The summed E-state index contributed by atoms with van der Waals surface area (Å²) in [6.45, 7) is 1.95. The Bertz CT molecular complexity index is 1080. The number of aryl methyl sites for hydroxylation is 1. The summed E-state index contributed by atoms with van der Waals surface area (Å²) in [5, 5.41) is 16.4. The summed E-state index contributed by atoms with van der Waals surface area (Å²) in [6.07, 6.45) is 0. The smallest absolute Gasteiger partial charge is 0.269 e. The maximum Gasteiger partial charge on any atom is 0.269 e. The van der Waals surface area contributed by atoms with Gasteiger partial charge in [-0.05, 0) is 49.4 Å². The Labute approximate surface area is 171 Å². The van der Waals surface area contributed by atoms with Gasteiger partial charge in [0.15, 0.2) is 0 Å². The fraction of sp³-hybridized carbons (Fsp3) is 0.0476. The number of non-ortho nitro benzene ring substituents is 1. The fourth-order valence-corrected chi connectivity index (χ4v) is 2.70. The molecule has 0 spiro atoms. The molecule has 0 unspecified atom stereocenters. The summed E-state index contributed by atoms with van der Waals surface area (Å²) in [7, 11) is 0. The first-order valence-electron chi connectivity index (χ1n) is 8.57. The van der Waals surface area contributed by atoms with Crippen LogP contribution in [0.3, 0.4) is 0 Å². The molecule has 3 rings (SSSR count). The lowest BCUT2D eigenvalue weighted by Crippen LogP contribution is -2.15. The van der Waals surface area contributed by atoms with Crippen molar-refractivity contribution >= 4 is 40.5 Å². The number of nitro benzene ring substituents is 1. The number of carbonyl (C=O) groups is 2. The summed E-state index contributed by atoms with van der Waals surface area (Å²) in [4.78, 5) is 35.1. The Morgan fingerprint density at radius 3 is 2.07 bits per heavy atom. The van der Waals surface area contributed by atoms with Crippen LogP contribution in [0.5, 0.6) is 0 Å². The number of benzene rings is 3. The van der Waals surface area contributed by atoms with Gasteiger partial charge in [-0.1, -0.05) is 29.3 Å². The minimum absolute atomic E-state index is 0.116. The van der Waals surface area contributed by atoms with Crippen LogP contribution in [0, 0.1) is 17.0 Å². The number of rotatable bonds is 5. The van der Waals surface area contributed by atoms with E-state index in [-0.39, 0.29) is 27.9 Å². The van der Waals surface area contributed by atoms with Crippen LogP contribution < -0.4 is 10.6 Å². The number of hydrogen-bond acceptors (Lipinski definition) is 4. The van der Waals surface area contributed by atoms with Gasteiger partial charge in [0.05, 0.1) is 15.6 Å². The normalized spacial score (nSPS) is 10.3. The summed E-state index contributed by atoms with van der Waals surface area (Å²) in [5.41, 5.74) is 2.40. The van der Waals surface area contributed by atoms with E-state index in [4.69, 9.17) is 11.6 Å². The third kappa shape index (κ3) is 4.97. The molecule has 7 nitrogen and oxygen atoms in total. The summed E-state index contributed by atoms with van der Waals surface area (Å²) in [6, 6.07) is 17.0. The van der Waals surface area contributed by atoms with E-state index in [2.05, 4.69) is 10.6 Å². The van der Waals surface area contributed by atoms with E-state index in [1.807, 2.05) is 19.1 Å². The zero-order valence-electron chi connectivity index (χ0n) is 15.3. The third-order valence-electron chi connectivity index (χ3n) is 4.13. The number of halogens is 1. The number of anilines is 2. The molecule has 0 aliphatic heterocycles. The van der Waals surface area contributed by atoms with E-state index < -0.39 is 10.8 Å². The SMILES string of the molecule is Cc1ccc(NC(=O)c2ccc(Cl)c(NC(=O)c3ccc([N+](=O)[O-])cc3)c2)cc1. The molecule has 0 atom stereocenters. The zero-order valence-corrected chi connectivity index (χ0v) is 16.1. The Hall–Kier alpha value is -3.71. The van der Waals surface area contributed by atoms with Crippen LogP contribution >= 0.6 is 11.6 Å². The van der Waals surface area contributed by atoms with E-state index in [0.717, 1.165) is 5.56 Å². The topological polar surface area (TPSA) is 101 Å². The van der Waals surface area contributed by atoms with E-state index in [9.17, 15) is 19.7 Å². The minimum atomic E-state index is -0.547. The molecule has 3 aromatic rings. The molecule has 2 N–H and O–H groups in total. The molecule has 0 aliphatic rings. The average Bonchev–Trinajstić information content (AvgIpc) is 2.71. The average molecular weight is 410 g/mol. The van der Waals surface area contributed by atoms with Gasteiger partial charge in [-0.15, -0.1) is 0 Å². The van der Waals surface area contributed by atoms with Gasteiger partial charge in [-0.3, -0.25) is 19.7 Å². The molecular weight excluding hydrogens is 394 g/mol. The summed E-state index contributed by atoms with van der Waals surface area (Å²) in [5.74, 6) is -0.853. The maximum atomic E-state index is 12.5. The highest BCUT2D eigenvalue weighted by molar-refractivity contribution is 6.34. The fourth-order valence-electron chi connectivity index (χ4n) is 2.53. The van der Waals surface area contributed by atoms with Gasteiger partial charge in [-0.2, -0.15) is 0 Å². The van der Waals surface area contributed by atoms with Gasteiger partial charge in [0.25, 0.3) is 17.5 Å². The Balaban J connectivity index is 1.76. The second-order valence-corrected chi connectivity index (χ2v) is 6.68. The van der Waals surface area contributed by atoms with Gasteiger partial charge < -0.3 is 10.6 Å². The highest BCUT2D eigenvalue weighted by atomic mass is 35.5. The lowest BCUT2D eigenvalue weighted by atomic mass is 10.1. The lowest BCUT2D eigenvalue weighted by molar-refractivity contribution is -0.384. The van der Waals surface area contributed by atoms with E-state index in [1.165, 1.54) is 36.4 Å². The quantitative estimate of drug-likeness (QED) is 0.454. The molecule has 3 aromatic carbocycles. The standard InChI is InChI=1S/C21H16ClN3O4/c1-13-2-7-16(8-3-13)23-21(27)15-6-11-18(22)19(12-15)24-20(26)14-4-9-17(10-5-14)25(28)29/h2-12H,1H3,(H,23,27)(H,24,26). The monoisotopic (exact) mass is 409 g/mol. The van der Waals surface area contributed by atoms with Gasteiger partial charge in [0.1, 0.15) is 0 Å². The largest absolute Gasteiger partial charge is 0.322 e. The second kappa shape index (κ2) is 8.53. The molecule has 0 aromatic heterocycles. The van der Waals surface area contributed by atoms with Crippen LogP contribution in [0.1, 0.15) is 26.3 Å². The Morgan fingerprint density at radius 1 is 0.862 bits per heavy atom. The maximum absolute atomic E-state index is 12.5. The van der Waals surface area contributed by atoms with Crippen molar-refractivity contribution in [2.75, 3.05) is 10.6 Å². The highest BCUT2D eigenvalue weighted by Crippen LogP contribution is 2.25. The molecule has 2 amide bonds. The van der Waals surface area contributed by atoms with Crippen molar-refractivity contribution in [2.24, 2.45) is 0 Å². The molecule has 0 saturated heterocycles. The number of nitrogens with zero attached hydrogens (tertiary/aromatic N) is 1. The summed E-state index contributed by atoms with van der Waals surface area (Å²) < 4.78 is 0. The van der Waals surface area contributed by atoms with Gasteiger partial charge in [-0.25, -0.2) is 0 Å². The van der Waals surface area contributed by atoms with Crippen molar-refractivity contribution in [2.45, 2.75) is 6.92 Å². The minimum Gasteiger partial charge on any atom is -0.322 e. The van der Waals surface area contributed by atoms with Gasteiger partial charge in [0.2, 0.25) is 0 Å². The zero-order chi connectivity index (χ0) is 21.0. The molecule has 0 saturated carbocycles. The number of nitrogens with one attached hydrogen (secondary N) is 2. The molecule has 8 heteroatoms. The number of hydrogen-bond donors (Lipinski definition) is 2. The van der Waals surface area contributed by atoms with Crippen molar-refractivity contribution in [1.29, 1.82) is 0 Å². The van der Waals surface area contributed by atoms with Crippen LogP contribution in [-0.4, -0.2) is 16.7 Å². The number of nitro groups is 1. The van der Waals surface area contributed by atoms with E-state index in [0.29, 0.717) is 11.3 Å². The first-order valence-corrected chi connectivity index (χ1v) is 8.94. The van der Waals surface area contributed by atoms with Crippen molar-refractivity contribution in [3.05, 3.63) is 98.6 Å². The predicted molar refractivity (Wildman–Crippen MR) is 112 cm³/mol. The van der Waals surface area contributed by atoms with E-state index in [1.54, 1.807) is 18.2 Å². The molecular formula is C21H16ClN3O4. The van der Waals surface area contributed by atoms with Crippen molar-refractivity contribution in [3.8, 4) is 0 Å². The first kappa shape index (κ1) is 20.0. The molecule has 0 radical (unpaired) electrons.